The highest BCUT2D eigenvalue weighted by Gasteiger charge is 2.20. The van der Waals surface area contributed by atoms with Gasteiger partial charge in [-0.15, -0.1) is 0 Å². The average Bonchev–Trinajstić information content (AvgIpc) is 3.05. The number of ether oxygens (including phenoxy) is 2. The van der Waals surface area contributed by atoms with Gasteiger partial charge in [0.05, 0.1) is 19.8 Å². The fourth-order valence-electron chi connectivity index (χ4n) is 6.47. The zero-order valence-corrected chi connectivity index (χ0v) is 26.9. The third kappa shape index (κ3) is 9.92. The number of hydrogen-bond donors (Lipinski definition) is 2. The SMILES string of the molecule is COCCOCCN(Cc1ccc(F)c(-c2cccc(CN3CCN[C@@H](C)C3)c2)c1)C(=O)c1cccc(CC2CCNCC2)c1. The van der Waals surface area contributed by atoms with Gasteiger partial charge in [0, 0.05) is 63.5 Å². The number of methoxy groups -OCH3 is 1. The monoisotopic (exact) mass is 616 g/mol. The minimum absolute atomic E-state index is 0.0457. The van der Waals surface area contributed by atoms with E-state index in [-0.39, 0.29) is 11.7 Å². The van der Waals surface area contributed by atoms with Gasteiger partial charge in [0.1, 0.15) is 5.82 Å². The number of piperazine rings is 1. The van der Waals surface area contributed by atoms with Crippen molar-refractivity contribution in [3.05, 3.63) is 94.8 Å². The van der Waals surface area contributed by atoms with Crippen LogP contribution in [0.5, 0.6) is 0 Å². The molecule has 0 aliphatic carbocycles. The van der Waals surface area contributed by atoms with E-state index in [4.69, 9.17) is 9.47 Å². The zero-order valence-electron chi connectivity index (χ0n) is 26.9. The summed E-state index contributed by atoms with van der Waals surface area (Å²) >= 11 is 0. The van der Waals surface area contributed by atoms with E-state index in [0.717, 1.165) is 69.7 Å². The summed E-state index contributed by atoms with van der Waals surface area (Å²) in [4.78, 5) is 18.2. The Kier molecular flexibility index (Phi) is 12.5. The molecule has 2 aliphatic heterocycles. The van der Waals surface area contributed by atoms with E-state index in [9.17, 15) is 4.79 Å². The summed E-state index contributed by atoms with van der Waals surface area (Å²) in [5.41, 5.74) is 5.32. The van der Waals surface area contributed by atoms with Gasteiger partial charge >= 0.3 is 0 Å². The Morgan fingerprint density at radius 3 is 2.60 bits per heavy atom. The maximum absolute atomic E-state index is 15.3. The summed E-state index contributed by atoms with van der Waals surface area (Å²) in [7, 11) is 1.64. The fourth-order valence-corrected chi connectivity index (χ4v) is 6.47. The molecule has 1 atom stereocenters. The number of benzene rings is 3. The van der Waals surface area contributed by atoms with Gasteiger partial charge in [-0.1, -0.05) is 36.4 Å². The van der Waals surface area contributed by atoms with E-state index in [1.165, 1.54) is 17.2 Å². The Hall–Kier alpha value is -3.14. The molecule has 0 saturated carbocycles. The van der Waals surface area contributed by atoms with Crippen LogP contribution in [0.3, 0.4) is 0 Å². The lowest BCUT2D eigenvalue weighted by Gasteiger charge is -2.31. The quantitative estimate of drug-likeness (QED) is 0.245. The topological polar surface area (TPSA) is 66.1 Å². The van der Waals surface area contributed by atoms with Crippen LogP contribution in [-0.4, -0.2) is 87.9 Å². The molecule has 7 nitrogen and oxygen atoms in total. The van der Waals surface area contributed by atoms with Crippen molar-refractivity contribution in [2.45, 2.75) is 45.3 Å². The highest BCUT2D eigenvalue weighted by molar-refractivity contribution is 5.94. The summed E-state index contributed by atoms with van der Waals surface area (Å²) in [5, 5.41) is 6.92. The first-order valence-electron chi connectivity index (χ1n) is 16.5. The number of nitrogens with zero attached hydrogens (tertiary/aromatic N) is 2. The number of piperidine rings is 1. The summed E-state index contributed by atoms with van der Waals surface area (Å²) in [6.07, 6.45) is 3.30. The molecule has 2 aliphatic rings. The second kappa shape index (κ2) is 17.0. The molecule has 8 heteroatoms. The van der Waals surface area contributed by atoms with Crippen LogP contribution in [0.1, 0.15) is 46.8 Å². The highest BCUT2D eigenvalue weighted by atomic mass is 19.1. The van der Waals surface area contributed by atoms with Gasteiger partial charge in [0.2, 0.25) is 0 Å². The number of nitrogens with one attached hydrogen (secondary N) is 2. The first-order valence-corrected chi connectivity index (χ1v) is 16.5. The number of halogens is 1. The molecule has 3 aromatic carbocycles. The lowest BCUT2D eigenvalue weighted by molar-refractivity contribution is 0.0477. The van der Waals surface area contributed by atoms with Gasteiger partial charge in [-0.3, -0.25) is 9.69 Å². The molecule has 0 radical (unpaired) electrons. The summed E-state index contributed by atoms with van der Waals surface area (Å²) in [6.45, 7) is 10.3. The number of hydrogen-bond acceptors (Lipinski definition) is 6. The van der Waals surface area contributed by atoms with Crippen molar-refractivity contribution in [1.82, 2.24) is 20.4 Å². The zero-order chi connectivity index (χ0) is 31.4. The summed E-state index contributed by atoms with van der Waals surface area (Å²) in [5.74, 6) is 0.326. The van der Waals surface area contributed by atoms with E-state index in [1.807, 2.05) is 41.3 Å². The van der Waals surface area contributed by atoms with Crippen molar-refractivity contribution >= 4 is 5.91 Å². The molecular formula is C37H49FN4O3. The maximum atomic E-state index is 15.3. The molecule has 5 rings (SSSR count). The number of carbonyl (C=O) groups is 1. The van der Waals surface area contributed by atoms with Crippen molar-refractivity contribution in [3.63, 3.8) is 0 Å². The largest absolute Gasteiger partial charge is 0.382 e. The third-order valence-electron chi connectivity index (χ3n) is 8.88. The molecule has 0 aromatic heterocycles. The van der Waals surface area contributed by atoms with Crippen LogP contribution in [0.4, 0.5) is 4.39 Å². The molecule has 3 aromatic rings. The minimum atomic E-state index is -0.266. The van der Waals surface area contributed by atoms with Crippen molar-refractivity contribution in [2.24, 2.45) is 5.92 Å². The second-order valence-electron chi connectivity index (χ2n) is 12.5. The van der Waals surface area contributed by atoms with Crippen molar-refractivity contribution in [2.75, 3.05) is 66.2 Å². The first kappa shape index (κ1) is 33.2. The molecular weight excluding hydrogens is 567 g/mol. The molecule has 242 valence electrons. The van der Waals surface area contributed by atoms with Gasteiger partial charge < -0.3 is 25.0 Å². The number of amides is 1. The van der Waals surface area contributed by atoms with Gasteiger partial charge in [0.15, 0.2) is 0 Å². The molecule has 2 fully saturated rings. The maximum Gasteiger partial charge on any atom is 0.254 e. The minimum Gasteiger partial charge on any atom is -0.382 e. The Morgan fingerprint density at radius 1 is 0.956 bits per heavy atom. The average molecular weight is 617 g/mol. The number of rotatable bonds is 14. The van der Waals surface area contributed by atoms with Crippen LogP contribution in [0.2, 0.25) is 0 Å². The molecule has 0 unspecified atom stereocenters. The van der Waals surface area contributed by atoms with Crippen LogP contribution < -0.4 is 10.6 Å². The lowest BCUT2D eigenvalue weighted by Crippen LogP contribution is -2.48. The van der Waals surface area contributed by atoms with Gasteiger partial charge in [0.25, 0.3) is 5.91 Å². The Labute approximate surface area is 268 Å². The predicted octanol–water partition coefficient (Wildman–Crippen LogP) is 5.13. The molecule has 0 spiro atoms. The van der Waals surface area contributed by atoms with E-state index in [0.29, 0.717) is 56.0 Å². The Morgan fingerprint density at radius 2 is 1.78 bits per heavy atom. The molecule has 1 amide bonds. The van der Waals surface area contributed by atoms with Crippen molar-refractivity contribution in [1.29, 1.82) is 0 Å². The molecule has 2 saturated heterocycles. The standard InChI is InChI=1S/C37H49FN4O3/c1-28-25-41(16-15-40-28)26-31-6-4-7-33(23-31)35-24-32(9-10-36(35)38)27-42(17-18-45-20-19-44-2)37(43)34-8-3-5-30(22-34)21-29-11-13-39-14-12-29/h3-10,22-24,28-29,39-40H,11-21,25-27H2,1-2H3/t28-/m0/s1. The normalized spacial score (nSPS) is 17.8. The van der Waals surface area contributed by atoms with Crippen LogP contribution in [0, 0.1) is 11.7 Å². The van der Waals surface area contributed by atoms with Gasteiger partial charge in [-0.25, -0.2) is 4.39 Å². The summed E-state index contributed by atoms with van der Waals surface area (Å²) < 4.78 is 26.1. The third-order valence-corrected chi connectivity index (χ3v) is 8.88. The lowest BCUT2D eigenvalue weighted by atomic mass is 9.90. The molecule has 2 N–H and O–H groups in total. The first-order chi connectivity index (χ1) is 22.0. The van der Waals surface area contributed by atoms with Crippen molar-refractivity contribution < 1.29 is 18.7 Å². The van der Waals surface area contributed by atoms with E-state index in [2.05, 4.69) is 40.7 Å². The number of carbonyl (C=O) groups excluding carboxylic acids is 1. The Balaban J connectivity index is 1.32. The molecule has 2 heterocycles. The van der Waals surface area contributed by atoms with Crippen LogP contribution in [0.25, 0.3) is 11.1 Å². The fraction of sp³-hybridized carbons (Fsp3) is 0.486. The smallest absolute Gasteiger partial charge is 0.254 e. The molecule has 45 heavy (non-hydrogen) atoms. The van der Waals surface area contributed by atoms with Crippen molar-refractivity contribution in [3.8, 4) is 11.1 Å². The van der Waals surface area contributed by atoms with E-state index < -0.39 is 0 Å². The van der Waals surface area contributed by atoms with Crippen LogP contribution in [0.15, 0.2) is 66.7 Å². The van der Waals surface area contributed by atoms with E-state index >= 15 is 4.39 Å². The second-order valence-corrected chi connectivity index (χ2v) is 12.5. The van der Waals surface area contributed by atoms with Gasteiger partial charge in [-0.2, -0.15) is 0 Å². The highest BCUT2D eigenvalue weighted by Crippen LogP contribution is 2.27. The van der Waals surface area contributed by atoms with E-state index in [1.54, 1.807) is 13.2 Å². The Bertz CT molecular complexity index is 1380. The molecule has 0 bridgehead atoms. The summed E-state index contributed by atoms with van der Waals surface area (Å²) in [6, 6.07) is 21.9. The van der Waals surface area contributed by atoms with Gasteiger partial charge in [-0.05, 0) is 97.8 Å². The van der Waals surface area contributed by atoms with Crippen LogP contribution >= 0.6 is 0 Å². The van der Waals surface area contributed by atoms with Crippen LogP contribution in [-0.2, 0) is 29.0 Å². The predicted molar refractivity (Wildman–Crippen MR) is 178 cm³/mol.